The number of ether oxygens (including phenoxy) is 1. The van der Waals surface area contributed by atoms with E-state index in [1.165, 1.54) is 0 Å². The predicted octanol–water partition coefficient (Wildman–Crippen LogP) is 3.96. The number of rotatable bonds is 7. The van der Waals surface area contributed by atoms with Gasteiger partial charge in [0.25, 0.3) is 0 Å². The van der Waals surface area contributed by atoms with Crippen LogP contribution in [-0.4, -0.2) is 12.5 Å². The predicted molar refractivity (Wildman–Crippen MR) is 89.8 cm³/mol. The van der Waals surface area contributed by atoms with E-state index in [4.69, 9.17) is 4.74 Å². The summed E-state index contributed by atoms with van der Waals surface area (Å²) in [5.41, 5.74) is 0.171. The zero-order valence-electron chi connectivity index (χ0n) is 13.9. The number of hydrogen-bond donors (Lipinski definition) is 1. The lowest BCUT2D eigenvalue weighted by Gasteiger charge is -2.29. The summed E-state index contributed by atoms with van der Waals surface area (Å²) in [6.07, 6.45) is 6.53. The van der Waals surface area contributed by atoms with Crippen LogP contribution in [0.4, 0.5) is 0 Å². The minimum atomic E-state index is -0.826. The molecular weight excluding hydrogens is 288 g/mol. The molecule has 1 amide bonds. The summed E-state index contributed by atoms with van der Waals surface area (Å²) < 4.78 is 5.69. The fraction of sp³-hybridized carbons (Fsp3) is 0.579. The van der Waals surface area contributed by atoms with E-state index in [2.05, 4.69) is 18.3 Å². The summed E-state index contributed by atoms with van der Waals surface area (Å²) >= 11 is 0. The number of hydrogen-bond acceptors (Lipinski definition) is 3. The molecular formula is C19H26N2O2. The zero-order chi connectivity index (χ0) is 16.5. The molecule has 124 valence electrons. The van der Waals surface area contributed by atoms with Gasteiger partial charge in [-0.2, -0.15) is 5.26 Å². The number of benzene rings is 1. The van der Waals surface area contributed by atoms with Gasteiger partial charge in [0.1, 0.15) is 11.2 Å². The number of carbonyl (C=O) groups excluding carboxylic acids is 1. The van der Waals surface area contributed by atoms with E-state index in [-0.39, 0.29) is 5.91 Å². The van der Waals surface area contributed by atoms with Crippen molar-refractivity contribution in [1.29, 1.82) is 5.26 Å². The van der Waals surface area contributed by atoms with Crippen LogP contribution in [0.1, 0.15) is 57.4 Å². The Morgan fingerprint density at radius 1 is 1.35 bits per heavy atom. The van der Waals surface area contributed by atoms with Crippen LogP contribution in [0.15, 0.2) is 24.3 Å². The van der Waals surface area contributed by atoms with Gasteiger partial charge in [0, 0.05) is 6.54 Å². The van der Waals surface area contributed by atoms with Gasteiger partial charge in [0.15, 0.2) is 0 Å². The normalized spacial score (nSPS) is 16.3. The van der Waals surface area contributed by atoms with Crippen LogP contribution < -0.4 is 10.1 Å². The Hall–Kier alpha value is -2.02. The zero-order valence-corrected chi connectivity index (χ0v) is 13.9. The number of nitrogens with zero attached hydrogens (tertiary/aromatic N) is 1. The van der Waals surface area contributed by atoms with E-state index in [1.807, 2.05) is 24.3 Å². The van der Waals surface area contributed by atoms with Gasteiger partial charge >= 0.3 is 0 Å². The highest BCUT2D eigenvalue weighted by molar-refractivity contribution is 5.85. The molecule has 0 aliphatic heterocycles. The number of carbonyl (C=O) groups is 1. The van der Waals surface area contributed by atoms with Crippen molar-refractivity contribution in [2.75, 3.05) is 6.61 Å². The molecule has 0 heterocycles. The molecule has 1 N–H and O–H groups in total. The molecule has 4 nitrogen and oxygen atoms in total. The molecule has 0 atom stereocenters. The van der Waals surface area contributed by atoms with Gasteiger partial charge in [-0.1, -0.05) is 44.7 Å². The summed E-state index contributed by atoms with van der Waals surface area (Å²) in [6, 6.07) is 10.0. The average molecular weight is 314 g/mol. The molecule has 1 aliphatic rings. The third-order valence-electron chi connectivity index (χ3n) is 4.47. The van der Waals surface area contributed by atoms with Crippen molar-refractivity contribution in [2.24, 2.45) is 5.41 Å². The van der Waals surface area contributed by atoms with Crippen molar-refractivity contribution >= 4 is 5.91 Å². The summed E-state index contributed by atoms with van der Waals surface area (Å²) in [6.45, 7) is 3.28. The van der Waals surface area contributed by atoms with Crippen molar-refractivity contribution in [3.63, 3.8) is 0 Å². The molecule has 0 spiro atoms. The van der Waals surface area contributed by atoms with Crippen molar-refractivity contribution in [3.05, 3.63) is 29.8 Å². The SMILES string of the molecule is CCCCOc1cccc(CNC(=O)C2(C#N)CCCCC2)c1. The Balaban J connectivity index is 1.91. The fourth-order valence-corrected chi connectivity index (χ4v) is 2.98. The van der Waals surface area contributed by atoms with Gasteiger partial charge in [-0.25, -0.2) is 0 Å². The molecule has 2 rings (SSSR count). The molecule has 0 unspecified atom stereocenters. The lowest BCUT2D eigenvalue weighted by Crippen LogP contribution is -2.41. The van der Waals surface area contributed by atoms with E-state index in [0.717, 1.165) is 43.4 Å². The Morgan fingerprint density at radius 2 is 2.13 bits per heavy atom. The maximum Gasteiger partial charge on any atom is 0.240 e. The Kier molecular flexibility index (Phi) is 6.46. The first kappa shape index (κ1) is 17.3. The molecule has 23 heavy (non-hydrogen) atoms. The van der Waals surface area contributed by atoms with E-state index >= 15 is 0 Å². The van der Waals surface area contributed by atoms with E-state index in [9.17, 15) is 10.1 Å². The monoisotopic (exact) mass is 314 g/mol. The molecule has 1 fully saturated rings. The second kappa shape index (κ2) is 8.57. The number of nitriles is 1. The maximum atomic E-state index is 12.5. The van der Waals surface area contributed by atoms with Crippen LogP contribution in [0.3, 0.4) is 0 Å². The molecule has 0 radical (unpaired) electrons. The molecule has 1 aliphatic carbocycles. The highest BCUT2D eigenvalue weighted by atomic mass is 16.5. The standard InChI is InChI=1S/C19H26N2O2/c1-2-3-12-23-17-9-7-8-16(13-17)14-21-18(22)19(15-20)10-5-4-6-11-19/h7-9,13H,2-6,10-12,14H2,1H3,(H,21,22). The fourth-order valence-electron chi connectivity index (χ4n) is 2.98. The van der Waals surface area contributed by atoms with E-state index in [1.54, 1.807) is 0 Å². The first-order valence-corrected chi connectivity index (χ1v) is 8.61. The molecule has 0 aromatic heterocycles. The molecule has 0 bridgehead atoms. The third-order valence-corrected chi connectivity index (χ3v) is 4.47. The van der Waals surface area contributed by atoms with Gasteiger partial charge < -0.3 is 10.1 Å². The van der Waals surface area contributed by atoms with Gasteiger partial charge in [0.2, 0.25) is 5.91 Å². The average Bonchev–Trinajstić information content (AvgIpc) is 2.61. The quantitative estimate of drug-likeness (QED) is 0.775. The van der Waals surface area contributed by atoms with Crippen LogP contribution >= 0.6 is 0 Å². The van der Waals surface area contributed by atoms with Crippen LogP contribution in [0.5, 0.6) is 5.75 Å². The highest BCUT2D eigenvalue weighted by Gasteiger charge is 2.39. The second-order valence-corrected chi connectivity index (χ2v) is 6.29. The lowest BCUT2D eigenvalue weighted by molar-refractivity contribution is -0.129. The number of nitrogens with one attached hydrogen (secondary N) is 1. The van der Waals surface area contributed by atoms with E-state index < -0.39 is 5.41 Å². The second-order valence-electron chi connectivity index (χ2n) is 6.29. The van der Waals surface area contributed by atoms with Gasteiger partial charge in [0.05, 0.1) is 12.7 Å². The van der Waals surface area contributed by atoms with Gasteiger partial charge in [-0.3, -0.25) is 4.79 Å². The highest BCUT2D eigenvalue weighted by Crippen LogP contribution is 2.35. The minimum Gasteiger partial charge on any atom is -0.494 e. The van der Waals surface area contributed by atoms with Crippen LogP contribution in [0, 0.1) is 16.7 Å². The Morgan fingerprint density at radius 3 is 2.83 bits per heavy atom. The largest absolute Gasteiger partial charge is 0.494 e. The van der Waals surface area contributed by atoms with E-state index in [0.29, 0.717) is 26.0 Å². The summed E-state index contributed by atoms with van der Waals surface area (Å²) in [5, 5.41) is 12.4. The van der Waals surface area contributed by atoms with Crippen molar-refractivity contribution in [1.82, 2.24) is 5.32 Å². The van der Waals surface area contributed by atoms with Crippen molar-refractivity contribution in [3.8, 4) is 11.8 Å². The molecule has 1 aromatic carbocycles. The summed E-state index contributed by atoms with van der Waals surface area (Å²) in [7, 11) is 0. The third kappa shape index (κ3) is 4.72. The van der Waals surface area contributed by atoms with Crippen LogP contribution in [0.2, 0.25) is 0 Å². The van der Waals surface area contributed by atoms with Gasteiger partial charge in [-0.15, -0.1) is 0 Å². The van der Waals surface area contributed by atoms with Crippen LogP contribution in [-0.2, 0) is 11.3 Å². The summed E-state index contributed by atoms with van der Waals surface area (Å²) in [4.78, 5) is 12.5. The first-order chi connectivity index (χ1) is 11.2. The Bertz CT molecular complexity index is 557. The minimum absolute atomic E-state index is 0.128. The molecule has 1 aromatic rings. The topological polar surface area (TPSA) is 62.1 Å². The van der Waals surface area contributed by atoms with Crippen molar-refractivity contribution in [2.45, 2.75) is 58.4 Å². The molecule has 4 heteroatoms. The maximum absolute atomic E-state index is 12.5. The van der Waals surface area contributed by atoms with Crippen molar-refractivity contribution < 1.29 is 9.53 Å². The smallest absolute Gasteiger partial charge is 0.240 e. The first-order valence-electron chi connectivity index (χ1n) is 8.61. The Labute approximate surface area is 138 Å². The lowest BCUT2D eigenvalue weighted by atomic mass is 9.74. The summed E-state index contributed by atoms with van der Waals surface area (Å²) in [5.74, 6) is 0.704. The number of unbranched alkanes of at least 4 members (excludes halogenated alkanes) is 1. The van der Waals surface area contributed by atoms with Crippen LogP contribution in [0.25, 0.3) is 0 Å². The number of amides is 1. The molecule has 0 saturated heterocycles. The molecule has 1 saturated carbocycles. The van der Waals surface area contributed by atoms with Gasteiger partial charge in [-0.05, 0) is 37.0 Å².